The molecule has 2 atom stereocenters. The fourth-order valence-corrected chi connectivity index (χ4v) is 7.51. The maximum atomic E-state index is 13.1. The van der Waals surface area contributed by atoms with E-state index in [0.29, 0.717) is 0 Å². The Balaban J connectivity index is 2.08. The predicted molar refractivity (Wildman–Crippen MR) is 86.0 cm³/mol. The topological polar surface area (TPSA) is 40.6 Å². The molecule has 1 aromatic carbocycles. The Morgan fingerprint density at radius 2 is 1.67 bits per heavy atom. The number of benzene rings is 1. The van der Waals surface area contributed by atoms with Crippen LogP contribution >= 0.6 is 21.6 Å². The molecule has 0 N–H and O–H groups in total. The Hall–Kier alpha value is -1.14. The smallest absolute Gasteiger partial charge is 0.265 e. The molecule has 110 valence electrons. The van der Waals surface area contributed by atoms with E-state index < -0.39 is 15.2 Å². The maximum Gasteiger partial charge on any atom is 0.265 e. The largest absolute Gasteiger partial charge is 0.319 e. The number of nitrogens with zero attached hydrogens (tertiary/aromatic N) is 2. The second-order valence-electron chi connectivity index (χ2n) is 6.44. The van der Waals surface area contributed by atoms with Crippen molar-refractivity contribution in [2.75, 3.05) is 11.9 Å². The van der Waals surface area contributed by atoms with Crippen molar-refractivity contribution in [2.45, 2.75) is 35.9 Å². The summed E-state index contributed by atoms with van der Waals surface area (Å²) in [5, 5.41) is 0. The average Bonchev–Trinajstić information content (AvgIpc) is 2.66. The van der Waals surface area contributed by atoms with Crippen molar-refractivity contribution in [3.05, 3.63) is 29.8 Å². The van der Waals surface area contributed by atoms with Gasteiger partial charge in [-0.15, -0.1) is 0 Å². The summed E-state index contributed by atoms with van der Waals surface area (Å²) < 4.78 is 0. The van der Waals surface area contributed by atoms with E-state index in [1.54, 1.807) is 16.8 Å². The minimum Gasteiger partial charge on any atom is -0.319 e. The number of likely N-dealkylation sites (N-methyl/N-ethyl adjacent to an activating group) is 1. The molecular weight excluding hydrogens is 304 g/mol. The zero-order chi connectivity index (χ0) is 15.2. The highest BCUT2D eigenvalue weighted by molar-refractivity contribution is 8.78. The van der Waals surface area contributed by atoms with Gasteiger partial charge in [0, 0.05) is 18.2 Å². The lowest BCUT2D eigenvalue weighted by Crippen LogP contribution is -2.78. The fourth-order valence-electron chi connectivity index (χ4n) is 3.63. The van der Waals surface area contributed by atoms with Crippen LogP contribution in [0.3, 0.4) is 0 Å². The van der Waals surface area contributed by atoms with Crippen LogP contribution < -0.4 is 4.90 Å². The number of para-hydroxylation sites is 1. The molecule has 0 radical (unpaired) electrons. The molecule has 0 unspecified atom stereocenters. The molecule has 1 aromatic rings. The molecule has 5 rings (SSSR count). The van der Waals surface area contributed by atoms with E-state index in [2.05, 4.69) is 13.8 Å². The maximum absolute atomic E-state index is 13.1. The molecule has 21 heavy (non-hydrogen) atoms. The highest BCUT2D eigenvalue weighted by Crippen LogP contribution is 2.69. The molecule has 3 fully saturated rings. The van der Waals surface area contributed by atoms with Crippen LogP contribution in [0.25, 0.3) is 0 Å². The van der Waals surface area contributed by atoms with Gasteiger partial charge in [-0.05, 0) is 18.6 Å². The van der Waals surface area contributed by atoms with Crippen LogP contribution in [0.5, 0.6) is 0 Å². The van der Waals surface area contributed by atoms with Gasteiger partial charge in [0.15, 0.2) is 9.74 Å². The second-order valence-corrected chi connectivity index (χ2v) is 9.16. The number of rotatable bonds is 0. The van der Waals surface area contributed by atoms with Crippen molar-refractivity contribution in [2.24, 2.45) is 0 Å². The highest BCUT2D eigenvalue weighted by Gasteiger charge is 2.75. The van der Waals surface area contributed by atoms with Gasteiger partial charge >= 0.3 is 0 Å². The van der Waals surface area contributed by atoms with Gasteiger partial charge in [0.2, 0.25) is 0 Å². The molecule has 2 bridgehead atoms. The summed E-state index contributed by atoms with van der Waals surface area (Å²) in [6.07, 6.45) is 0. The number of amides is 2. The molecule has 3 saturated heterocycles. The fraction of sp³-hybridized carbons (Fsp3) is 0.467. The molecule has 0 saturated carbocycles. The monoisotopic (exact) mass is 320 g/mol. The Morgan fingerprint density at radius 1 is 1.00 bits per heavy atom. The molecule has 4 aliphatic heterocycles. The minimum absolute atomic E-state index is 0.00590. The van der Waals surface area contributed by atoms with Crippen molar-refractivity contribution in [1.82, 2.24) is 4.90 Å². The number of anilines is 1. The molecule has 4 aliphatic rings. The first-order valence-corrected chi connectivity index (χ1v) is 9.03. The highest BCUT2D eigenvalue weighted by atomic mass is 33.1. The summed E-state index contributed by atoms with van der Waals surface area (Å²) in [5.74, 6) is 0.0286. The van der Waals surface area contributed by atoms with Crippen LogP contribution in [-0.4, -0.2) is 33.5 Å². The first kappa shape index (κ1) is 13.5. The first-order valence-electron chi connectivity index (χ1n) is 6.88. The third-order valence-corrected chi connectivity index (χ3v) is 9.05. The molecule has 0 aliphatic carbocycles. The molecule has 1 spiro atoms. The van der Waals surface area contributed by atoms with E-state index in [1.165, 1.54) is 21.6 Å². The van der Waals surface area contributed by atoms with Crippen LogP contribution in [-0.2, 0) is 15.0 Å². The Bertz CT molecular complexity index is 705. The van der Waals surface area contributed by atoms with Crippen molar-refractivity contribution >= 4 is 39.1 Å². The van der Waals surface area contributed by atoms with Crippen molar-refractivity contribution in [3.63, 3.8) is 0 Å². The molecule has 4 heterocycles. The summed E-state index contributed by atoms with van der Waals surface area (Å²) in [6.45, 7) is 5.96. The Kier molecular flexibility index (Phi) is 2.32. The number of carbonyl (C=O) groups excluding carboxylic acids is 2. The van der Waals surface area contributed by atoms with E-state index in [4.69, 9.17) is 0 Å². The van der Waals surface area contributed by atoms with Gasteiger partial charge in [-0.1, -0.05) is 53.6 Å². The predicted octanol–water partition coefficient (Wildman–Crippen LogP) is 2.59. The van der Waals surface area contributed by atoms with E-state index >= 15 is 0 Å². The zero-order valence-electron chi connectivity index (χ0n) is 12.3. The quantitative estimate of drug-likeness (QED) is 0.689. The molecular formula is C15H16N2O2S2. The number of hydrogen-bond acceptors (Lipinski definition) is 4. The van der Waals surface area contributed by atoms with Crippen LogP contribution in [0.1, 0.15) is 26.3 Å². The van der Waals surface area contributed by atoms with Gasteiger partial charge in [-0.25, -0.2) is 0 Å². The van der Waals surface area contributed by atoms with Gasteiger partial charge in [0.1, 0.15) is 0 Å². The van der Waals surface area contributed by atoms with Gasteiger partial charge < -0.3 is 4.90 Å². The lowest BCUT2D eigenvalue weighted by Gasteiger charge is -2.59. The Labute approximate surface area is 131 Å². The number of fused-ring (bicyclic) bond motifs is 3. The van der Waals surface area contributed by atoms with Crippen molar-refractivity contribution < 1.29 is 9.59 Å². The summed E-state index contributed by atoms with van der Waals surface area (Å²) >= 11 is 0. The van der Waals surface area contributed by atoms with Crippen LogP contribution in [0.2, 0.25) is 0 Å². The average molecular weight is 320 g/mol. The second kappa shape index (κ2) is 3.60. The van der Waals surface area contributed by atoms with Crippen LogP contribution in [0.15, 0.2) is 24.3 Å². The van der Waals surface area contributed by atoms with E-state index in [0.717, 1.165) is 11.3 Å². The SMILES string of the molecule is CN1C(=O)[C@@]23SS[C@@]1(C)C(=O)N2c1ccccc1C3(C)C. The summed E-state index contributed by atoms with van der Waals surface area (Å²) in [7, 11) is 4.79. The molecule has 2 amide bonds. The standard InChI is InChI=1S/C15H16N2O2S2/c1-13(2)9-7-5-6-8-10(9)17-11(18)14(3)16(4)12(19)15(13,17)21-20-14/h5-8H,1-4H3/t14-,15-/m0/s1. The van der Waals surface area contributed by atoms with E-state index in [-0.39, 0.29) is 11.8 Å². The molecule has 0 aromatic heterocycles. The lowest BCUT2D eigenvalue weighted by molar-refractivity contribution is -0.148. The van der Waals surface area contributed by atoms with Crippen LogP contribution in [0.4, 0.5) is 5.69 Å². The number of piperazine rings is 1. The molecule has 6 heteroatoms. The van der Waals surface area contributed by atoms with Gasteiger partial charge in [-0.3, -0.25) is 14.5 Å². The summed E-state index contributed by atoms with van der Waals surface area (Å²) in [6, 6.07) is 7.88. The minimum atomic E-state index is -0.870. The van der Waals surface area contributed by atoms with E-state index in [1.807, 2.05) is 31.2 Å². The van der Waals surface area contributed by atoms with E-state index in [9.17, 15) is 9.59 Å². The number of carbonyl (C=O) groups is 2. The van der Waals surface area contributed by atoms with Crippen LogP contribution in [0, 0.1) is 0 Å². The van der Waals surface area contributed by atoms with Gasteiger partial charge in [0.25, 0.3) is 11.8 Å². The number of hydrogen-bond donors (Lipinski definition) is 0. The zero-order valence-corrected chi connectivity index (χ0v) is 14.0. The lowest BCUT2D eigenvalue weighted by atomic mass is 9.78. The first-order chi connectivity index (χ1) is 9.78. The third kappa shape index (κ3) is 1.16. The third-order valence-electron chi connectivity index (χ3n) is 5.14. The summed E-state index contributed by atoms with van der Waals surface area (Å²) in [5.41, 5.74) is 1.52. The van der Waals surface area contributed by atoms with Crippen molar-refractivity contribution in [3.8, 4) is 0 Å². The summed E-state index contributed by atoms with van der Waals surface area (Å²) in [4.78, 5) is 27.9. The Morgan fingerprint density at radius 3 is 2.38 bits per heavy atom. The normalized spacial score (nSPS) is 36.0. The van der Waals surface area contributed by atoms with Gasteiger partial charge in [-0.2, -0.15) is 0 Å². The molecule has 4 nitrogen and oxygen atoms in total. The van der Waals surface area contributed by atoms with Crippen molar-refractivity contribution in [1.29, 1.82) is 0 Å². The van der Waals surface area contributed by atoms with Gasteiger partial charge in [0.05, 0.1) is 0 Å².